The number of hydrogen-bond acceptors (Lipinski definition) is 2. The molecule has 0 rings (SSSR count). The van der Waals surface area contributed by atoms with E-state index in [4.69, 9.17) is 5.11 Å². The molecule has 1 unspecified atom stereocenters. The predicted octanol–water partition coefficient (Wildman–Crippen LogP) is 1.15. The van der Waals surface area contributed by atoms with Crippen LogP contribution < -0.4 is 5.32 Å². The van der Waals surface area contributed by atoms with Crippen LogP contribution in [-0.4, -0.2) is 24.8 Å². The van der Waals surface area contributed by atoms with Crippen LogP contribution in [0.15, 0.2) is 0 Å². The molecule has 10 heavy (non-hydrogen) atoms. The van der Waals surface area contributed by atoms with E-state index in [1.54, 1.807) is 0 Å². The zero-order valence-corrected chi connectivity index (χ0v) is 7.06. The highest BCUT2D eigenvalue weighted by Gasteiger charge is 1.98. The molecule has 0 saturated heterocycles. The van der Waals surface area contributed by atoms with Gasteiger partial charge in [-0.3, -0.25) is 0 Å². The van der Waals surface area contributed by atoms with Gasteiger partial charge < -0.3 is 10.4 Å². The molecular weight excluding hydrogens is 126 g/mol. The van der Waals surface area contributed by atoms with Crippen LogP contribution in [0.1, 0.15) is 32.6 Å². The molecule has 0 aromatic rings. The lowest BCUT2D eigenvalue weighted by molar-refractivity contribution is 0.157. The Morgan fingerprint density at radius 3 is 2.60 bits per heavy atom. The monoisotopic (exact) mass is 145 g/mol. The molecule has 1 atom stereocenters. The Labute approximate surface area is 63.6 Å². The van der Waals surface area contributed by atoms with Gasteiger partial charge in [0.05, 0.1) is 6.10 Å². The van der Waals surface area contributed by atoms with E-state index >= 15 is 0 Å². The Morgan fingerprint density at radius 2 is 2.10 bits per heavy atom. The zero-order chi connectivity index (χ0) is 7.82. The van der Waals surface area contributed by atoms with Crippen LogP contribution in [0, 0.1) is 0 Å². The first-order valence-corrected chi connectivity index (χ1v) is 4.14. The maximum atomic E-state index is 9.14. The van der Waals surface area contributed by atoms with Gasteiger partial charge in [-0.1, -0.05) is 6.92 Å². The Balaban J connectivity index is 2.89. The number of aliphatic hydroxyl groups excluding tert-OH is 1. The van der Waals surface area contributed by atoms with E-state index in [-0.39, 0.29) is 6.10 Å². The second-order valence-corrected chi connectivity index (χ2v) is 2.66. The first-order valence-electron chi connectivity index (χ1n) is 4.14. The molecule has 0 aliphatic carbocycles. The number of aliphatic hydroxyl groups is 1. The standard InChI is InChI=1S/C8H19NO/c1-3-8(10)6-4-5-7-9-2/h8-10H,3-7H2,1-2H3. The third-order valence-corrected chi connectivity index (χ3v) is 1.69. The third-order valence-electron chi connectivity index (χ3n) is 1.69. The summed E-state index contributed by atoms with van der Waals surface area (Å²) in [4.78, 5) is 0. The minimum Gasteiger partial charge on any atom is -0.393 e. The number of hydrogen-bond donors (Lipinski definition) is 2. The molecule has 2 N–H and O–H groups in total. The molecule has 0 spiro atoms. The van der Waals surface area contributed by atoms with E-state index in [1.807, 2.05) is 14.0 Å². The van der Waals surface area contributed by atoms with E-state index in [0.717, 1.165) is 25.8 Å². The summed E-state index contributed by atoms with van der Waals surface area (Å²) in [5.74, 6) is 0. The van der Waals surface area contributed by atoms with Crippen molar-refractivity contribution >= 4 is 0 Å². The summed E-state index contributed by atoms with van der Waals surface area (Å²) in [5, 5.41) is 12.2. The minimum absolute atomic E-state index is 0.0724. The van der Waals surface area contributed by atoms with Gasteiger partial charge in [0.1, 0.15) is 0 Å². The van der Waals surface area contributed by atoms with Crippen LogP contribution in [0.5, 0.6) is 0 Å². The van der Waals surface area contributed by atoms with E-state index in [9.17, 15) is 0 Å². The van der Waals surface area contributed by atoms with Crippen LogP contribution in [0.3, 0.4) is 0 Å². The molecule has 62 valence electrons. The summed E-state index contributed by atoms with van der Waals surface area (Å²) in [7, 11) is 1.95. The van der Waals surface area contributed by atoms with E-state index in [2.05, 4.69) is 5.32 Å². The van der Waals surface area contributed by atoms with Crippen molar-refractivity contribution in [2.24, 2.45) is 0 Å². The van der Waals surface area contributed by atoms with Crippen LogP contribution in [-0.2, 0) is 0 Å². The molecule has 0 radical (unpaired) electrons. The van der Waals surface area contributed by atoms with E-state index in [0.29, 0.717) is 0 Å². The van der Waals surface area contributed by atoms with Gasteiger partial charge in [0.25, 0.3) is 0 Å². The first kappa shape index (κ1) is 9.92. The Hall–Kier alpha value is -0.0800. The molecule has 2 heteroatoms. The van der Waals surface area contributed by atoms with Crippen molar-refractivity contribution in [3.63, 3.8) is 0 Å². The number of rotatable bonds is 6. The predicted molar refractivity (Wildman–Crippen MR) is 44.1 cm³/mol. The van der Waals surface area contributed by atoms with E-state index in [1.165, 1.54) is 6.42 Å². The van der Waals surface area contributed by atoms with Gasteiger partial charge in [-0.25, -0.2) is 0 Å². The Morgan fingerprint density at radius 1 is 1.40 bits per heavy atom. The highest BCUT2D eigenvalue weighted by atomic mass is 16.3. The molecule has 0 fully saturated rings. The second-order valence-electron chi connectivity index (χ2n) is 2.66. The Bertz CT molecular complexity index is 66.3. The summed E-state index contributed by atoms with van der Waals surface area (Å²) in [5.41, 5.74) is 0. The highest BCUT2D eigenvalue weighted by molar-refractivity contribution is 4.52. The van der Waals surface area contributed by atoms with Crippen LogP contribution in [0.25, 0.3) is 0 Å². The molecule has 0 bridgehead atoms. The fourth-order valence-corrected chi connectivity index (χ4v) is 0.886. The fourth-order valence-electron chi connectivity index (χ4n) is 0.886. The fraction of sp³-hybridized carbons (Fsp3) is 1.00. The van der Waals surface area contributed by atoms with Crippen LogP contribution in [0.2, 0.25) is 0 Å². The first-order chi connectivity index (χ1) is 4.81. The van der Waals surface area contributed by atoms with Gasteiger partial charge in [-0.15, -0.1) is 0 Å². The highest BCUT2D eigenvalue weighted by Crippen LogP contribution is 2.02. The normalized spacial score (nSPS) is 13.5. The minimum atomic E-state index is -0.0724. The van der Waals surface area contributed by atoms with Crippen molar-refractivity contribution < 1.29 is 5.11 Å². The van der Waals surface area contributed by atoms with Crippen molar-refractivity contribution in [3.8, 4) is 0 Å². The van der Waals surface area contributed by atoms with Gasteiger partial charge in [0.15, 0.2) is 0 Å². The average molecular weight is 145 g/mol. The maximum absolute atomic E-state index is 9.14. The molecular formula is C8H19NO. The zero-order valence-electron chi connectivity index (χ0n) is 7.06. The third kappa shape index (κ3) is 6.05. The summed E-state index contributed by atoms with van der Waals surface area (Å²) in [6, 6.07) is 0. The van der Waals surface area contributed by atoms with Crippen molar-refractivity contribution in [1.82, 2.24) is 5.32 Å². The largest absolute Gasteiger partial charge is 0.393 e. The topological polar surface area (TPSA) is 32.3 Å². The molecule has 0 amide bonds. The summed E-state index contributed by atoms with van der Waals surface area (Å²) < 4.78 is 0. The van der Waals surface area contributed by atoms with Crippen LogP contribution >= 0.6 is 0 Å². The van der Waals surface area contributed by atoms with Crippen molar-refractivity contribution in [2.75, 3.05) is 13.6 Å². The van der Waals surface area contributed by atoms with Crippen molar-refractivity contribution in [2.45, 2.75) is 38.7 Å². The lowest BCUT2D eigenvalue weighted by Crippen LogP contribution is -2.09. The van der Waals surface area contributed by atoms with Crippen molar-refractivity contribution in [1.29, 1.82) is 0 Å². The molecule has 2 nitrogen and oxygen atoms in total. The Kier molecular flexibility index (Phi) is 6.98. The molecule has 0 heterocycles. The SMILES string of the molecule is CCC(O)CCCCNC. The molecule has 0 saturated carbocycles. The second kappa shape index (κ2) is 7.03. The number of unbranched alkanes of at least 4 members (excludes halogenated alkanes) is 1. The van der Waals surface area contributed by atoms with Gasteiger partial charge in [-0.05, 0) is 39.3 Å². The lowest BCUT2D eigenvalue weighted by atomic mass is 10.1. The molecule has 0 aromatic heterocycles. The van der Waals surface area contributed by atoms with Crippen LogP contribution in [0.4, 0.5) is 0 Å². The van der Waals surface area contributed by atoms with Gasteiger partial charge in [0.2, 0.25) is 0 Å². The summed E-state index contributed by atoms with van der Waals surface area (Å²) >= 11 is 0. The molecule has 0 aliphatic rings. The average Bonchev–Trinajstić information content (AvgIpc) is 1.98. The van der Waals surface area contributed by atoms with Gasteiger partial charge in [-0.2, -0.15) is 0 Å². The lowest BCUT2D eigenvalue weighted by Gasteiger charge is -2.05. The van der Waals surface area contributed by atoms with Crippen molar-refractivity contribution in [3.05, 3.63) is 0 Å². The summed E-state index contributed by atoms with van der Waals surface area (Å²) in [6.07, 6.45) is 4.08. The maximum Gasteiger partial charge on any atom is 0.0537 e. The molecule has 0 aliphatic heterocycles. The smallest absolute Gasteiger partial charge is 0.0537 e. The quantitative estimate of drug-likeness (QED) is 0.549. The van der Waals surface area contributed by atoms with Gasteiger partial charge in [0, 0.05) is 0 Å². The van der Waals surface area contributed by atoms with Gasteiger partial charge >= 0.3 is 0 Å². The van der Waals surface area contributed by atoms with E-state index < -0.39 is 0 Å². The summed E-state index contributed by atoms with van der Waals surface area (Å²) in [6.45, 7) is 3.08. The number of nitrogens with one attached hydrogen (secondary N) is 1. The molecule has 0 aromatic carbocycles.